The minimum Gasteiger partial charge on any atom is -0.321 e. The zero-order chi connectivity index (χ0) is 14.7. The highest BCUT2D eigenvalue weighted by Crippen LogP contribution is 2.20. The van der Waals surface area contributed by atoms with Gasteiger partial charge in [0.1, 0.15) is 11.2 Å². The van der Waals surface area contributed by atoms with Gasteiger partial charge in [-0.3, -0.25) is 4.79 Å². The van der Waals surface area contributed by atoms with Gasteiger partial charge in [0.25, 0.3) is 5.91 Å². The zero-order valence-corrected chi connectivity index (χ0v) is 11.8. The molecule has 0 aliphatic carbocycles. The highest BCUT2D eigenvalue weighted by Gasteiger charge is 2.11. The first kappa shape index (κ1) is 14.0. The smallest absolute Gasteiger partial charge is 0.255 e. The van der Waals surface area contributed by atoms with Crippen molar-refractivity contribution in [3.63, 3.8) is 0 Å². The van der Waals surface area contributed by atoms with Crippen LogP contribution in [0.4, 0.5) is 5.69 Å². The van der Waals surface area contributed by atoms with Crippen LogP contribution in [-0.2, 0) is 0 Å². The molecule has 2 aromatic rings. The van der Waals surface area contributed by atoms with E-state index in [4.69, 9.17) is 16.9 Å². The van der Waals surface area contributed by atoms with Crippen LogP contribution < -0.4 is 5.32 Å². The average Bonchev–Trinajstić information content (AvgIpc) is 2.37. The Bertz CT molecular complexity index is 699. The molecular weight excluding hydrogens is 274 g/mol. The number of nitrogens with zero attached hydrogens (tertiary/aromatic N) is 2. The van der Waals surface area contributed by atoms with Crippen molar-refractivity contribution >= 4 is 23.2 Å². The first-order valence-corrected chi connectivity index (χ1v) is 6.34. The lowest BCUT2D eigenvalue weighted by Crippen LogP contribution is -2.13. The number of aryl methyl sites for hydroxylation is 2. The molecular formula is C15H12ClN3O. The maximum atomic E-state index is 12.2. The van der Waals surface area contributed by atoms with E-state index in [0.29, 0.717) is 22.5 Å². The second-order valence-electron chi connectivity index (χ2n) is 4.38. The normalized spacial score (nSPS) is 9.90. The maximum Gasteiger partial charge on any atom is 0.255 e. The Morgan fingerprint density at radius 1 is 1.35 bits per heavy atom. The van der Waals surface area contributed by atoms with Crippen LogP contribution in [0.3, 0.4) is 0 Å². The maximum absolute atomic E-state index is 12.2. The lowest BCUT2D eigenvalue weighted by atomic mass is 10.1. The van der Waals surface area contributed by atoms with E-state index < -0.39 is 0 Å². The van der Waals surface area contributed by atoms with Gasteiger partial charge in [0.15, 0.2) is 0 Å². The van der Waals surface area contributed by atoms with Crippen LogP contribution in [0.5, 0.6) is 0 Å². The molecule has 0 fully saturated rings. The number of hydrogen-bond donors (Lipinski definition) is 1. The zero-order valence-electron chi connectivity index (χ0n) is 11.1. The Kier molecular flexibility index (Phi) is 4.02. The van der Waals surface area contributed by atoms with Gasteiger partial charge in [-0.05, 0) is 37.6 Å². The number of pyridine rings is 1. The van der Waals surface area contributed by atoms with Gasteiger partial charge in [0.2, 0.25) is 0 Å². The van der Waals surface area contributed by atoms with Crippen LogP contribution in [-0.4, -0.2) is 10.9 Å². The molecule has 2 rings (SSSR count). The summed E-state index contributed by atoms with van der Waals surface area (Å²) in [6.07, 6.45) is 0. The summed E-state index contributed by atoms with van der Waals surface area (Å²) in [6, 6.07) is 10.5. The van der Waals surface area contributed by atoms with E-state index in [1.54, 1.807) is 25.1 Å². The van der Waals surface area contributed by atoms with Crippen molar-refractivity contribution < 1.29 is 4.79 Å². The third kappa shape index (κ3) is 2.95. The summed E-state index contributed by atoms with van der Waals surface area (Å²) in [5, 5.41) is 12.1. The second kappa shape index (κ2) is 5.72. The Morgan fingerprint density at radius 2 is 2.10 bits per heavy atom. The molecule has 5 heteroatoms. The second-order valence-corrected chi connectivity index (χ2v) is 4.77. The predicted molar refractivity (Wildman–Crippen MR) is 77.8 cm³/mol. The number of carbonyl (C=O) groups excluding carboxylic acids is 1. The first-order chi connectivity index (χ1) is 9.51. The van der Waals surface area contributed by atoms with Gasteiger partial charge >= 0.3 is 0 Å². The fraction of sp³-hybridized carbons (Fsp3) is 0.133. The van der Waals surface area contributed by atoms with E-state index in [2.05, 4.69) is 16.4 Å². The largest absolute Gasteiger partial charge is 0.321 e. The number of rotatable bonds is 2. The molecule has 0 spiro atoms. The van der Waals surface area contributed by atoms with E-state index in [-0.39, 0.29) is 11.1 Å². The number of carbonyl (C=O) groups is 1. The van der Waals surface area contributed by atoms with Crippen LogP contribution in [0.15, 0.2) is 30.3 Å². The van der Waals surface area contributed by atoms with Gasteiger partial charge < -0.3 is 5.32 Å². The van der Waals surface area contributed by atoms with Crippen LogP contribution in [0.25, 0.3) is 0 Å². The van der Waals surface area contributed by atoms with Gasteiger partial charge in [-0.15, -0.1) is 0 Å². The summed E-state index contributed by atoms with van der Waals surface area (Å²) in [4.78, 5) is 16.2. The van der Waals surface area contributed by atoms with Gasteiger partial charge in [-0.1, -0.05) is 23.7 Å². The fourth-order valence-electron chi connectivity index (χ4n) is 1.87. The molecule has 1 amide bonds. The summed E-state index contributed by atoms with van der Waals surface area (Å²) in [5.74, 6) is -0.320. The molecule has 0 aliphatic rings. The van der Waals surface area contributed by atoms with E-state index in [9.17, 15) is 4.79 Å². The number of nitriles is 1. The topological polar surface area (TPSA) is 65.8 Å². The lowest BCUT2D eigenvalue weighted by Gasteiger charge is -2.09. The molecule has 0 saturated carbocycles. The molecule has 1 N–H and O–H groups in total. The molecule has 0 aliphatic heterocycles. The van der Waals surface area contributed by atoms with Gasteiger partial charge in [0.05, 0.1) is 11.3 Å². The van der Waals surface area contributed by atoms with Gasteiger partial charge in [-0.2, -0.15) is 5.26 Å². The van der Waals surface area contributed by atoms with Crippen molar-refractivity contribution in [1.29, 1.82) is 5.26 Å². The summed E-state index contributed by atoms with van der Waals surface area (Å²) < 4.78 is 0. The minimum absolute atomic E-state index is 0.264. The first-order valence-electron chi connectivity index (χ1n) is 5.96. The Balaban J connectivity index is 2.33. The Morgan fingerprint density at radius 3 is 2.75 bits per heavy atom. The van der Waals surface area contributed by atoms with Crippen molar-refractivity contribution in [2.75, 3.05) is 5.32 Å². The number of benzene rings is 1. The van der Waals surface area contributed by atoms with Crippen LogP contribution in [0.1, 0.15) is 27.2 Å². The van der Waals surface area contributed by atoms with Crippen LogP contribution in [0.2, 0.25) is 5.15 Å². The standard InChI is InChI=1S/C15H12ClN3O/c1-9-4-3-5-13(12(9)8-17)19-15(20)11-6-10(2)18-14(16)7-11/h3-7H,1-2H3,(H,19,20). The van der Waals surface area contributed by atoms with Crippen molar-refractivity contribution in [1.82, 2.24) is 4.98 Å². The SMILES string of the molecule is Cc1cc(C(=O)Nc2cccc(C)c2C#N)cc(Cl)n1. The van der Waals surface area contributed by atoms with Gasteiger partial charge in [0, 0.05) is 11.3 Å². The van der Waals surface area contributed by atoms with Crippen molar-refractivity contribution in [3.8, 4) is 6.07 Å². The number of anilines is 1. The average molecular weight is 286 g/mol. The molecule has 20 heavy (non-hydrogen) atoms. The third-order valence-corrected chi connectivity index (χ3v) is 3.01. The fourth-order valence-corrected chi connectivity index (χ4v) is 2.12. The molecule has 0 saturated heterocycles. The highest BCUT2D eigenvalue weighted by molar-refractivity contribution is 6.29. The van der Waals surface area contributed by atoms with Crippen LogP contribution >= 0.6 is 11.6 Å². The number of amides is 1. The summed E-state index contributed by atoms with van der Waals surface area (Å²) in [6.45, 7) is 3.58. The number of halogens is 1. The molecule has 1 aromatic heterocycles. The molecule has 100 valence electrons. The molecule has 0 unspecified atom stereocenters. The molecule has 1 aromatic carbocycles. The third-order valence-electron chi connectivity index (χ3n) is 2.82. The Hall–Kier alpha value is -2.38. The molecule has 1 heterocycles. The monoisotopic (exact) mass is 285 g/mol. The van der Waals surface area contributed by atoms with Gasteiger partial charge in [-0.25, -0.2) is 4.98 Å². The molecule has 0 atom stereocenters. The van der Waals surface area contributed by atoms with Crippen molar-refractivity contribution in [2.24, 2.45) is 0 Å². The predicted octanol–water partition coefficient (Wildman–Crippen LogP) is 3.48. The molecule has 0 radical (unpaired) electrons. The summed E-state index contributed by atoms with van der Waals surface area (Å²) in [5.41, 5.74) is 2.83. The van der Waals surface area contributed by atoms with E-state index >= 15 is 0 Å². The van der Waals surface area contributed by atoms with E-state index in [0.717, 1.165) is 5.56 Å². The lowest BCUT2D eigenvalue weighted by molar-refractivity contribution is 0.102. The quantitative estimate of drug-likeness (QED) is 0.859. The highest BCUT2D eigenvalue weighted by atomic mass is 35.5. The van der Waals surface area contributed by atoms with Crippen molar-refractivity contribution in [3.05, 3.63) is 57.9 Å². The van der Waals surface area contributed by atoms with Crippen molar-refractivity contribution in [2.45, 2.75) is 13.8 Å². The number of hydrogen-bond acceptors (Lipinski definition) is 3. The summed E-state index contributed by atoms with van der Waals surface area (Å²) >= 11 is 5.84. The molecule has 0 bridgehead atoms. The summed E-state index contributed by atoms with van der Waals surface area (Å²) in [7, 11) is 0. The molecule has 4 nitrogen and oxygen atoms in total. The minimum atomic E-state index is -0.320. The number of nitrogens with one attached hydrogen (secondary N) is 1. The van der Waals surface area contributed by atoms with Crippen LogP contribution in [0, 0.1) is 25.2 Å². The number of aromatic nitrogens is 1. The van der Waals surface area contributed by atoms with E-state index in [1.807, 2.05) is 13.0 Å². The Labute approximate surface area is 122 Å². The van der Waals surface area contributed by atoms with E-state index in [1.165, 1.54) is 6.07 Å².